The van der Waals surface area contributed by atoms with Gasteiger partial charge >= 0.3 is 0 Å². The summed E-state index contributed by atoms with van der Waals surface area (Å²) in [6.07, 6.45) is 6.82. The van der Waals surface area contributed by atoms with Crippen molar-refractivity contribution in [3.8, 4) is 0 Å². The normalized spacial score (nSPS) is 43.3. The molecular weight excluding hydrogens is 204 g/mol. The molecule has 2 saturated heterocycles. The van der Waals surface area contributed by atoms with E-state index < -0.39 is 0 Å². The average molecular weight is 228 g/mol. The van der Waals surface area contributed by atoms with Crippen molar-refractivity contribution in [2.45, 2.75) is 71.2 Å². The molecule has 0 spiro atoms. The van der Waals surface area contributed by atoms with Crippen molar-refractivity contribution in [1.82, 2.24) is 0 Å². The van der Waals surface area contributed by atoms with Crippen molar-refractivity contribution in [2.75, 3.05) is 6.61 Å². The van der Waals surface area contributed by atoms with Crippen LogP contribution >= 0.6 is 0 Å². The maximum atomic E-state index is 5.57. The molecule has 2 rings (SSSR count). The van der Waals surface area contributed by atoms with E-state index in [1.165, 1.54) is 19.3 Å². The van der Waals surface area contributed by atoms with E-state index >= 15 is 0 Å². The first-order chi connectivity index (χ1) is 7.58. The van der Waals surface area contributed by atoms with Gasteiger partial charge in [0.15, 0.2) is 6.29 Å². The fraction of sp³-hybridized carbons (Fsp3) is 1.00. The Balaban J connectivity index is 1.92. The number of hydrogen-bond acceptors (Lipinski definition) is 3. The summed E-state index contributed by atoms with van der Waals surface area (Å²) in [7, 11) is 0. The highest BCUT2D eigenvalue weighted by Gasteiger charge is 2.51. The van der Waals surface area contributed by atoms with Crippen molar-refractivity contribution in [2.24, 2.45) is 5.41 Å². The Hall–Kier alpha value is -0.120. The van der Waals surface area contributed by atoms with Gasteiger partial charge in [-0.3, -0.25) is 0 Å². The van der Waals surface area contributed by atoms with E-state index in [1.807, 2.05) is 0 Å². The lowest BCUT2D eigenvalue weighted by molar-refractivity contribution is -0.462. The van der Waals surface area contributed by atoms with Crippen LogP contribution in [0.2, 0.25) is 0 Å². The molecule has 2 fully saturated rings. The summed E-state index contributed by atoms with van der Waals surface area (Å²) in [5, 5.41) is 0. The van der Waals surface area contributed by atoms with E-state index in [2.05, 4.69) is 20.8 Å². The Bertz CT molecular complexity index is 243. The third kappa shape index (κ3) is 2.41. The number of fused-ring (bicyclic) bond motifs is 1. The first kappa shape index (κ1) is 12.3. The minimum absolute atomic E-state index is 0.117. The van der Waals surface area contributed by atoms with Crippen LogP contribution in [0.4, 0.5) is 0 Å². The van der Waals surface area contributed by atoms with Crippen LogP contribution in [-0.2, 0) is 14.5 Å². The van der Waals surface area contributed by atoms with Crippen molar-refractivity contribution in [3.63, 3.8) is 0 Å². The van der Waals surface area contributed by atoms with Gasteiger partial charge in [0.25, 0.3) is 0 Å². The smallest absolute Gasteiger partial charge is 0.196 e. The SMILES string of the molecule is CCCCCC1(C)C[C@]2(C)CCO[C@@H]2OO1. The second-order valence-corrected chi connectivity index (χ2v) is 5.87. The largest absolute Gasteiger partial charge is 0.349 e. The molecule has 0 amide bonds. The highest BCUT2D eigenvalue weighted by atomic mass is 17.2. The van der Waals surface area contributed by atoms with Crippen LogP contribution in [0.3, 0.4) is 0 Å². The Morgan fingerprint density at radius 3 is 2.81 bits per heavy atom. The quantitative estimate of drug-likeness (QED) is 0.545. The minimum Gasteiger partial charge on any atom is -0.349 e. The molecule has 0 aromatic carbocycles. The predicted molar refractivity (Wildman–Crippen MR) is 61.8 cm³/mol. The standard InChI is InChI=1S/C13H24O3/c1-4-5-6-7-13(3)10-12(2)8-9-14-11(12)15-16-13/h11H,4-10H2,1-3H3/t11-,12+,13?/m1/s1. The highest BCUT2D eigenvalue weighted by Crippen LogP contribution is 2.48. The van der Waals surface area contributed by atoms with Crippen LogP contribution in [0.5, 0.6) is 0 Å². The molecule has 0 bridgehead atoms. The molecule has 1 unspecified atom stereocenters. The van der Waals surface area contributed by atoms with Gasteiger partial charge in [0, 0.05) is 5.41 Å². The number of rotatable bonds is 4. The second-order valence-electron chi connectivity index (χ2n) is 5.87. The molecule has 0 N–H and O–H groups in total. The van der Waals surface area contributed by atoms with E-state index in [-0.39, 0.29) is 17.3 Å². The van der Waals surface area contributed by atoms with Gasteiger partial charge in [-0.2, -0.15) is 0 Å². The molecule has 16 heavy (non-hydrogen) atoms. The lowest BCUT2D eigenvalue weighted by Gasteiger charge is -2.43. The summed E-state index contributed by atoms with van der Waals surface area (Å²) < 4.78 is 5.53. The maximum absolute atomic E-state index is 5.57. The van der Waals surface area contributed by atoms with Crippen molar-refractivity contribution >= 4 is 0 Å². The minimum atomic E-state index is -0.147. The lowest BCUT2D eigenvalue weighted by atomic mass is 9.75. The van der Waals surface area contributed by atoms with Crippen LogP contribution in [-0.4, -0.2) is 18.5 Å². The van der Waals surface area contributed by atoms with E-state index in [0.717, 1.165) is 25.9 Å². The van der Waals surface area contributed by atoms with E-state index in [1.54, 1.807) is 0 Å². The summed E-state index contributed by atoms with van der Waals surface area (Å²) in [5.41, 5.74) is 0.0351. The van der Waals surface area contributed by atoms with E-state index in [0.29, 0.717) is 0 Å². The molecule has 94 valence electrons. The molecule has 3 heteroatoms. The van der Waals surface area contributed by atoms with Gasteiger partial charge in [-0.15, -0.1) is 0 Å². The first-order valence-corrected chi connectivity index (χ1v) is 6.54. The Morgan fingerprint density at radius 1 is 1.25 bits per heavy atom. The van der Waals surface area contributed by atoms with Gasteiger partial charge in [-0.25, -0.2) is 9.78 Å². The van der Waals surface area contributed by atoms with Gasteiger partial charge in [0.2, 0.25) is 0 Å². The van der Waals surface area contributed by atoms with Gasteiger partial charge in [-0.05, 0) is 26.2 Å². The lowest BCUT2D eigenvalue weighted by Crippen LogP contribution is -2.47. The Morgan fingerprint density at radius 2 is 2.06 bits per heavy atom. The molecule has 0 aromatic heterocycles. The van der Waals surface area contributed by atoms with Crippen molar-refractivity contribution in [3.05, 3.63) is 0 Å². The monoisotopic (exact) mass is 228 g/mol. The first-order valence-electron chi connectivity index (χ1n) is 6.54. The van der Waals surface area contributed by atoms with Crippen LogP contribution in [0.25, 0.3) is 0 Å². The summed E-state index contributed by atoms with van der Waals surface area (Å²) in [6.45, 7) is 7.45. The molecule has 2 aliphatic rings. The van der Waals surface area contributed by atoms with Crippen LogP contribution in [0, 0.1) is 5.41 Å². The number of unbranched alkanes of at least 4 members (excludes halogenated alkanes) is 2. The zero-order chi connectivity index (χ0) is 11.6. The van der Waals surface area contributed by atoms with Crippen LogP contribution in [0.15, 0.2) is 0 Å². The summed E-state index contributed by atoms with van der Waals surface area (Å²) in [4.78, 5) is 11.0. The molecule has 3 nitrogen and oxygen atoms in total. The second kappa shape index (κ2) is 4.63. The summed E-state index contributed by atoms with van der Waals surface area (Å²) in [6, 6.07) is 0. The molecule has 3 atom stereocenters. The zero-order valence-corrected chi connectivity index (χ0v) is 10.8. The number of hydrogen-bond donors (Lipinski definition) is 0. The molecule has 0 saturated carbocycles. The van der Waals surface area contributed by atoms with Crippen molar-refractivity contribution in [1.29, 1.82) is 0 Å². The fourth-order valence-electron chi connectivity index (χ4n) is 2.96. The van der Waals surface area contributed by atoms with Crippen LogP contribution < -0.4 is 0 Å². The van der Waals surface area contributed by atoms with Gasteiger partial charge < -0.3 is 4.74 Å². The Labute approximate surface area is 98.4 Å². The molecule has 0 aliphatic carbocycles. The Kier molecular flexibility index (Phi) is 3.57. The fourth-order valence-corrected chi connectivity index (χ4v) is 2.96. The van der Waals surface area contributed by atoms with Gasteiger partial charge in [0.1, 0.15) is 5.60 Å². The summed E-state index contributed by atoms with van der Waals surface area (Å²) in [5.74, 6) is 0. The summed E-state index contributed by atoms with van der Waals surface area (Å²) >= 11 is 0. The average Bonchev–Trinajstić information content (AvgIpc) is 2.58. The van der Waals surface area contributed by atoms with Crippen molar-refractivity contribution < 1.29 is 14.5 Å². The number of ether oxygens (including phenoxy) is 1. The van der Waals surface area contributed by atoms with Crippen LogP contribution in [0.1, 0.15) is 59.3 Å². The zero-order valence-electron chi connectivity index (χ0n) is 10.8. The predicted octanol–water partition coefficient (Wildman–Crippen LogP) is 3.43. The topological polar surface area (TPSA) is 27.7 Å². The van der Waals surface area contributed by atoms with E-state index in [9.17, 15) is 0 Å². The molecule has 2 aliphatic heterocycles. The van der Waals surface area contributed by atoms with Gasteiger partial charge in [0.05, 0.1) is 6.61 Å². The van der Waals surface area contributed by atoms with E-state index in [4.69, 9.17) is 14.5 Å². The highest BCUT2D eigenvalue weighted by molar-refractivity contribution is 4.92. The maximum Gasteiger partial charge on any atom is 0.196 e. The molecular formula is C13H24O3. The molecule has 0 radical (unpaired) electrons. The molecule has 2 heterocycles. The van der Waals surface area contributed by atoms with Gasteiger partial charge in [-0.1, -0.05) is 33.1 Å². The third-order valence-electron chi connectivity index (χ3n) is 3.94. The molecule has 0 aromatic rings. The third-order valence-corrected chi connectivity index (χ3v) is 3.94.